The van der Waals surface area contributed by atoms with Crippen molar-refractivity contribution < 1.29 is 28.7 Å². The van der Waals surface area contributed by atoms with Crippen LogP contribution in [-0.2, 0) is 14.4 Å². The van der Waals surface area contributed by atoms with Crippen LogP contribution in [0, 0.1) is 0 Å². The number of urea groups is 1. The third-order valence-corrected chi connectivity index (χ3v) is 7.80. The number of hydrogen-bond donors (Lipinski definition) is 1. The van der Waals surface area contributed by atoms with Crippen molar-refractivity contribution in [1.82, 2.24) is 0 Å². The van der Waals surface area contributed by atoms with Crippen LogP contribution in [0.4, 0.5) is 21.9 Å². The molecule has 9 nitrogen and oxygen atoms in total. The van der Waals surface area contributed by atoms with Crippen LogP contribution in [0.25, 0.3) is 6.08 Å². The molecule has 1 fully saturated rings. The Kier molecular flexibility index (Phi) is 9.87. The molecule has 4 aromatic carbocycles. The van der Waals surface area contributed by atoms with Gasteiger partial charge in [-0.25, -0.2) is 14.6 Å². The molecule has 0 aromatic heterocycles. The Morgan fingerprint density at radius 3 is 1.98 bits per heavy atom. The van der Waals surface area contributed by atoms with Gasteiger partial charge in [-0.1, -0.05) is 59.6 Å². The van der Waals surface area contributed by atoms with E-state index in [1.807, 2.05) is 0 Å². The van der Waals surface area contributed by atoms with Crippen molar-refractivity contribution in [1.29, 1.82) is 0 Å². The summed E-state index contributed by atoms with van der Waals surface area (Å²) in [5.74, 6) is -1.53. The van der Waals surface area contributed by atoms with Gasteiger partial charge >= 0.3 is 6.03 Å². The molecule has 1 aliphatic rings. The highest BCUT2D eigenvalue weighted by molar-refractivity contribution is 9.10. The van der Waals surface area contributed by atoms with Crippen molar-refractivity contribution in [2.45, 2.75) is 6.92 Å². The van der Waals surface area contributed by atoms with Crippen molar-refractivity contribution in [3.8, 4) is 11.5 Å². The predicted octanol–water partition coefficient (Wildman–Crippen LogP) is 7.76. The normalized spacial score (nSPS) is 13.2. The zero-order valence-corrected chi connectivity index (χ0v) is 26.7. The van der Waals surface area contributed by atoms with Crippen molar-refractivity contribution in [3.63, 3.8) is 0 Å². The Hall–Kier alpha value is -4.64. The van der Waals surface area contributed by atoms with E-state index < -0.39 is 23.8 Å². The number of imide groups is 2. The van der Waals surface area contributed by atoms with E-state index in [0.29, 0.717) is 37.1 Å². The molecule has 1 heterocycles. The topological polar surface area (TPSA) is 105 Å². The molecule has 0 bridgehead atoms. The van der Waals surface area contributed by atoms with Gasteiger partial charge in [-0.05, 0) is 89.1 Å². The lowest BCUT2D eigenvalue weighted by Gasteiger charge is -2.34. The number of ether oxygens (including phenoxy) is 2. The average molecular weight is 709 g/mol. The number of anilines is 3. The molecular formula is C33H24BrCl2N3O6. The fourth-order valence-corrected chi connectivity index (χ4v) is 5.36. The lowest BCUT2D eigenvalue weighted by Crippen LogP contribution is -2.57. The standard InChI is InChI=1S/C33H24BrCl2N3O6/c1-2-44-28-17-20(16-25(34)30(28)45-19-29(40)37-21-13-14-26(35)27(36)18-21)15-24-31(41)38(22-9-5-3-6-10-22)33(43)39(32(24)42)23-11-7-4-8-12-23/h3-18H,2,19H2,1H3,(H,37,40). The van der Waals surface area contributed by atoms with E-state index in [2.05, 4.69) is 21.2 Å². The van der Waals surface area contributed by atoms with E-state index in [1.54, 1.807) is 91.9 Å². The Balaban J connectivity index is 1.46. The van der Waals surface area contributed by atoms with Crippen molar-refractivity contribution in [2.24, 2.45) is 0 Å². The Morgan fingerprint density at radius 2 is 1.42 bits per heavy atom. The molecule has 0 spiro atoms. The third kappa shape index (κ3) is 7.04. The van der Waals surface area contributed by atoms with E-state index in [9.17, 15) is 19.2 Å². The first-order valence-electron chi connectivity index (χ1n) is 13.6. The number of benzene rings is 4. The second-order valence-corrected chi connectivity index (χ2v) is 11.2. The number of carbonyl (C=O) groups excluding carboxylic acids is 4. The molecule has 45 heavy (non-hydrogen) atoms. The minimum Gasteiger partial charge on any atom is -0.490 e. The molecule has 228 valence electrons. The van der Waals surface area contributed by atoms with Crippen LogP contribution in [-0.4, -0.2) is 37.0 Å². The predicted molar refractivity (Wildman–Crippen MR) is 177 cm³/mol. The number of halogens is 3. The number of nitrogens with one attached hydrogen (secondary N) is 1. The molecule has 5 rings (SSSR count). The number of nitrogens with zero attached hydrogens (tertiary/aromatic N) is 2. The highest BCUT2D eigenvalue weighted by atomic mass is 79.9. The SMILES string of the molecule is CCOc1cc(C=C2C(=O)N(c3ccccc3)C(=O)N(c3ccccc3)C2=O)cc(Br)c1OCC(=O)Nc1ccc(Cl)c(Cl)c1. The van der Waals surface area contributed by atoms with Gasteiger partial charge in [-0.3, -0.25) is 14.4 Å². The molecule has 4 aromatic rings. The second-order valence-electron chi connectivity index (χ2n) is 9.52. The molecule has 0 radical (unpaired) electrons. The second kappa shape index (κ2) is 14.0. The Bertz CT molecular complexity index is 1750. The van der Waals surface area contributed by atoms with Gasteiger partial charge in [0.05, 0.1) is 32.5 Å². The summed E-state index contributed by atoms with van der Waals surface area (Å²) < 4.78 is 12.0. The fraction of sp³-hybridized carbons (Fsp3) is 0.0909. The quantitative estimate of drug-likeness (QED) is 0.141. The lowest BCUT2D eigenvalue weighted by molar-refractivity contribution is -0.121. The van der Waals surface area contributed by atoms with Gasteiger partial charge in [0, 0.05) is 5.69 Å². The molecule has 1 saturated heterocycles. The zero-order valence-electron chi connectivity index (χ0n) is 23.6. The molecule has 12 heteroatoms. The summed E-state index contributed by atoms with van der Waals surface area (Å²) in [6.45, 7) is 1.67. The highest BCUT2D eigenvalue weighted by Gasteiger charge is 2.43. The van der Waals surface area contributed by atoms with E-state index >= 15 is 0 Å². The molecule has 5 amide bonds. The third-order valence-electron chi connectivity index (χ3n) is 6.47. The van der Waals surface area contributed by atoms with Crippen molar-refractivity contribution >= 4 is 86.0 Å². The Morgan fingerprint density at radius 1 is 0.822 bits per heavy atom. The number of amides is 5. The number of hydrogen-bond acceptors (Lipinski definition) is 6. The van der Waals surface area contributed by atoms with Crippen LogP contribution in [0.1, 0.15) is 12.5 Å². The van der Waals surface area contributed by atoms with Gasteiger partial charge in [0.15, 0.2) is 18.1 Å². The summed E-state index contributed by atoms with van der Waals surface area (Å²) >= 11 is 15.4. The van der Waals surface area contributed by atoms with E-state index in [0.717, 1.165) is 9.80 Å². The largest absolute Gasteiger partial charge is 0.490 e. The molecule has 1 N–H and O–H groups in total. The van der Waals surface area contributed by atoms with Gasteiger partial charge in [0.2, 0.25) is 0 Å². The van der Waals surface area contributed by atoms with E-state index in [1.165, 1.54) is 12.1 Å². The minimum atomic E-state index is -0.793. The monoisotopic (exact) mass is 707 g/mol. The summed E-state index contributed by atoms with van der Waals surface area (Å²) in [7, 11) is 0. The van der Waals surface area contributed by atoms with Gasteiger partial charge < -0.3 is 14.8 Å². The average Bonchev–Trinajstić information content (AvgIpc) is 3.02. The molecule has 0 aliphatic carbocycles. The van der Waals surface area contributed by atoms with Gasteiger partial charge in [0.1, 0.15) is 5.57 Å². The summed E-state index contributed by atoms with van der Waals surface area (Å²) in [6, 6.07) is 23.8. The minimum absolute atomic E-state index is 0.233. The van der Waals surface area contributed by atoms with E-state index in [-0.39, 0.29) is 30.3 Å². The van der Waals surface area contributed by atoms with Crippen LogP contribution in [0.15, 0.2) is 101 Å². The molecule has 1 aliphatic heterocycles. The van der Waals surface area contributed by atoms with Crippen LogP contribution in [0.5, 0.6) is 11.5 Å². The summed E-state index contributed by atoms with van der Waals surface area (Å²) in [4.78, 5) is 55.5. The van der Waals surface area contributed by atoms with Crippen LogP contribution >= 0.6 is 39.1 Å². The lowest BCUT2D eigenvalue weighted by atomic mass is 10.0. The molecule has 0 atom stereocenters. The molecule has 0 saturated carbocycles. The first-order valence-corrected chi connectivity index (χ1v) is 15.1. The van der Waals surface area contributed by atoms with Crippen LogP contribution in [0.2, 0.25) is 10.0 Å². The van der Waals surface area contributed by atoms with Gasteiger partial charge in [-0.2, -0.15) is 0 Å². The molecular weight excluding hydrogens is 685 g/mol. The smallest absolute Gasteiger partial charge is 0.343 e. The summed E-state index contributed by atoms with van der Waals surface area (Å²) in [5, 5.41) is 3.33. The maximum atomic E-state index is 13.7. The maximum Gasteiger partial charge on any atom is 0.343 e. The molecule has 0 unspecified atom stereocenters. The fourth-order valence-electron chi connectivity index (χ4n) is 4.49. The van der Waals surface area contributed by atoms with E-state index in [4.69, 9.17) is 32.7 Å². The summed E-state index contributed by atoms with van der Waals surface area (Å²) in [6.07, 6.45) is 1.39. The zero-order chi connectivity index (χ0) is 32.1. The number of barbiturate groups is 1. The highest BCUT2D eigenvalue weighted by Crippen LogP contribution is 2.38. The van der Waals surface area contributed by atoms with Crippen LogP contribution < -0.4 is 24.6 Å². The first kappa shape index (κ1) is 31.8. The number of rotatable bonds is 9. The van der Waals surface area contributed by atoms with Crippen LogP contribution in [0.3, 0.4) is 0 Å². The first-order chi connectivity index (χ1) is 21.7. The summed E-state index contributed by atoms with van der Waals surface area (Å²) in [5.41, 5.74) is 1.23. The maximum absolute atomic E-state index is 13.7. The Labute approximate surface area is 277 Å². The number of para-hydroxylation sites is 2. The van der Waals surface area contributed by atoms with Crippen molar-refractivity contribution in [3.05, 3.63) is 117 Å². The van der Waals surface area contributed by atoms with Gasteiger partial charge in [0.25, 0.3) is 17.7 Å². The number of carbonyl (C=O) groups is 4. The van der Waals surface area contributed by atoms with Gasteiger partial charge in [-0.15, -0.1) is 0 Å². The van der Waals surface area contributed by atoms with Crippen molar-refractivity contribution in [2.75, 3.05) is 28.3 Å².